The standard InChI is InChI=1S/C28H30N6OS/c1-20-3-8-24(15-23(20)16-27-32-26(19-36-27)25-17-29-9-10-30-25)31-28(35)22-6-4-21(5-7-22)18-34-13-11-33(2)12-14-34/h3-10,15,17,19H,11-14,16,18H2,1-2H3,(H,31,35). The fourth-order valence-electron chi connectivity index (χ4n) is 4.27. The van der Waals surface area contributed by atoms with E-state index < -0.39 is 0 Å². The lowest BCUT2D eigenvalue weighted by molar-refractivity contribution is 0.102. The van der Waals surface area contributed by atoms with Gasteiger partial charge in [0, 0.05) is 68.2 Å². The molecule has 184 valence electrons. The van der Waals surface area contributed by atoms with Crippen LogP contribution in [0.25, 0.3) is 11.4 Å². The monoisotopic (exact) mass is 498 g/mol. The van der Waals surface area contributed by atoms with Crippen LogP contribution in [0.2, 0.25) is 0 Å². The Labute approximate surface area is 215 Å². The highest BCUT2D eigenvalue weighted by Crippen LogP contribution is 2.24. The number of nitrogens with zero attached hydrogens (tertiary/aromatic N) is 5. The van der Waals surface area contributed by atoms with Crippen LogP contribution in [0.15, 0.2) is 66.4 Å². The number of thiazole rings is 1. The van der Waals surface area contributed by atoms with Crippen LogP contribution in [0.4, 0.5) is 5.69 Å². The summed E-state index contributed by atoms with van der Waals surface area (Å²) in [5.41, 5.74) is 6.58. The van der Waals surface area contributed by atoms with Gasteiger partial charge >= 0.3 is 0 Å². The average molecular weight is 499 g/mol. The van der Waals surface area contributed by atoms with E-state index in [1.165, 1.54) is 5.56 Å². The molecule has 8 heteroatoms. The zero-order chi connectivity index (χ0) is 24.9. The van der Waals surface area contributed by atoms with Crippen molar-refractivity contribution in [1.29, 1.82) is 0 Å². The third-order valence-corrected chi connectivity index (χ3v) is 7.39. The number of benzene rings is 2. The second-order valence-electron chi connectivity index (χ2n) is 9.27. The van der Waals surface area contributed by atoms with Crippen molar-refractivity contribution in [2.24, 2.45) is 0 Å². The van der Waals surface area contributed by atoms with Gasteiger partial charge in [-0.25, -0.2) is 4.98 Å². The summed E-state index contributed by atoms with van der Waals surface area (Å²) in [7, 11) is 2.16. The van der Waals surface area contributed by atoms with Crippen molar-refractivity contribution >= 4 is 22.9 Å². The summed E-state index contributed by atoms with van der Waals surface area (Å²) in [5, 5.41) is 6.06. The predicted octanol–water partition coefficient (Wildman–Crippen LogP) is 4.50. The van der Waals surface area contributed by atoms with Crippen molar-refractivity contribution in [3.05, 3.63) is 93.7 Å². The van der Waals surface area contributed by atoms with Gasteiger partial charge < -0.3 is 10.2 Å². The van der Waals surface area contributed by atoms with E-state index >= 15 is 0 Å². The molecule has 1 saturated heterocycles. The quantitative estimate of drug-likeness (QED) is 0.405. The van der Waals surface area contributed by atoms with Crippen molar-refractivity contribution < 1.29 is 4.79 Å². The van der Waals surface area contributed by atoms with Gasteiger partial charge in [0.2, 0.25) is 0 Å². The van der Waals surface area contributed by atoms with Gasteiger partial charge in [-0.15, -0.1) is 11.3 Å². The lowest BCUT2D eigenvalue weighted by atomic mass is 10.0. The molecule has 0 saturated carbocycles. The largest absolute Gasteiger partial charge is 0.322 e. The number of rotatable bonds is 7. The Morgan fingerprint density at radius 2 is 1.83 bits per heavy atom. The number of nitrogens with one attached hydrogen (secondary N) is 1. The number of piperazine rings is 1. The minimum atomic E-state index is -0.102. The molecule has 5 rings (SSSR count). The molecule has 7 nitrogen and oxygen atoms in total. The van der Waals surface area contributed by atoms with Gasteiger partial charge in [0.15, 0.2) is 0 Å². The van der Waals surface area contributed by atoms with Crippen LogP contribution in [0, 0.1) is 6.92 Å². The first-order valence-electron chi connectivity index (χ1n) is 12.1. The Bertz CT molecular complexity index is 1310. The molecule has 0 atom stereocenters. The molecule has 1 aliphatic rings. The number of hydrogen-bond donors (Lipinski definition) is 1. The molecule has 0 spiro atoms. The maximum atomic E-state index is 12.9. The number of anilines is 1. The molecular weight excluding hydrogens is 468 g/mol. The molecule has 1 amide bonds. The smallest absolute Gasteiger partial charge is 0.255 e. The SMILES string of the molecule is Cc1ccc(NC(=O)c2ccc(CN3CCN(C)CC3)cc2)cc1Cc1nc(-c2cnccn2)cs1. The number of hydrogen-bond acceptors (Lipinski definition) is 7. The van der Waals surface area contributed by atoms with E-state index in [4.69, 9.17) is 4.98 Å². The topological polar surface area (TPSA) is 74.2 Å². The average Bonchev–Trinajstić information content (AvgIpc) is 3.37. The molecule has 2 aromatic carbocycles. The fraction of sp³-hybridized carbons (Fsp3) is 0.286. The number of aromatic nitrogens is 3. The fourth-order valence-corrected chi connectivity index (χ4v) is 5.08. The highest BCUT2D eigenvalue weighted by atomic mass is 32.1. The van der Waals surface area contributed by atoms with Gasteiger partial charge in [-0.2, -0.15) is 0 Å². The van der Waals surface area contributed by atoms with Crippen molar-refractivity contribution in [3.63, 3.8) is 0 Å². The molecule has 4 aromatic rings. The Morgan fingerprint density at radius 3 is 2.58 bits per heavy atom. The van der Waals surface area contributed by atoms with Crippen LogP contribution in [0.5, 0.6) is 0 Å². The van der Waals surface area contributed by atoms with Crippen LogP contribution in [-0.2, 0) is 13.0 Å². The first-order chi connectivity index (χ1) is 17.5. The second kappa shape index (κ2) is 11.1. The molecule has 1 N–H and O–H groups in total. The summed E-state index contributed by atoms with van der Waals surface area (Å²) >= 11 is 1.61. The summed E-state index contributed by atoms with van der Waals surface area (Å²) in [5.74, 6) is -0.102. The van der Waals surface area contributed by atoms with Crippen molar-refractivity contribution in [1.82, 2.24) is 24.8 Å². The van der Waals surface area contributed by atoms with Gasteiger partial charge in [-0.1, -0.05) is 18.2 Å². The van der Waals surface area contributed by atoms with E-state index in [2.05, 4.69) is 51.2 Å². The van der Waals surface area contributed by atoms with Gasteiger partial charge in [-0.05, 0) is 54.9 Å². The third kappa shape index (κ3) is 6.02. The molecule has 1 fully saturated rings. The minimum absolute atomic E-state index is 0.102. The Morgan fingerprint density at radius 1 is 1.03 bits per heavy atom. The maximum absolute atomic E-state index is 12.9. The molecule has 0 aliphatic carbocycles. The highest BCUT2D eigenvalue weighted by molar-refractivity contribution is 7.10. The van der Waals surface area contributed by atoms with Crippen LogP contribution in [0.1, 0.15) is 32.1 Å². The van der Waals surface area contributed by atoms with Gasteiger partial charge in [0.25, 0.3) is 5.91 Å². The molecule has 0 radical (unpaired) electrons. The summed E-state index contributed by atoms with van der Waals surface area (Å²) in [4.78, 5) is 30.9. The Balaban J connectivity index is 1.22. The van der Waals surface area contributed by atoms with Crippen LogP contribution < -0.4 is 5.32 Å². The Kier molecular flexibility index (Phi) is 7.46. The van der Waals surface area contributed by atoms with E-state index in [1.54, 1.807) is 29.9 Å². The van der Waals surface area contributed by atoms with E-state index in [9.17, 15) is 4.79 Å². The van der Waals surface area contributed by atoms with Crippen molar-refractivity contribution in [2.75, 3.05) is 38.5 Å². The summed E-state index contributed by atoms with van der Waals surface area (Å²) in [6, 6.07) is 14.0. The summed E-state index contributed by atoms with van der Waals surface area (Å²) < 4.78 is 0. The molecule has 36 heavy (non-hydrogen) atoms. The van der Waals surface area contributed by atoms with Crippen LogP contribution in [0.3, 0.4) is 0 Å². The van der Waals surface area contributed by atoms with Gasteiger partial charge in [0.1, 0.15) is 11.4 Å². The zero-order valence-corrected chi connectivity index (χ0v) is 21.5. The van der Waals surface area contributed by atoms with Crippen molar-refractivity contribution in [3.8, 4) is 11.4 Å². The number of amides is 1. The number of carbonyl (C=O) groups is 1. The van der Waals surface area contributed by atoms with E-state index in [-0.39, 0.29) is 5.91 Å². The zero-order valence-electron chi connectivity index (χ0n) is 20.6. The summed E-state index contributed by atoms with van der Waals surface area (Å²) in [6.45, 7) is 7.37. The van der Waals surface area contributed by atoms with Crippen molar-refractivity contribution in [2.45, 2.75) is 19.9 Å². The third-order valence-electron chi connectivity index (χ3n) is 6.54. The number of likely N-dealkylation sites (N-methyl/N-ethyl adjacent to an activating group) is 1. The van der Waals surface area contributed by atoms with Gasteiger partial charge in [-0.3, -0.25) is 19.7 Å². The van der Waals surface area contributed by atoms with Gasteiger partial charge in [0.05, 0.1) is 11.2 Å². The van der Waals surface area contributed by atoms with Crippen LogP contribution >= 0.6 is 11.3 Å². The number of carbonyl (C=O) groups excluding carboxylic acids is 1. The normalized spacial score (nSPS) is 14.6. The first-order valence-corrected chi connectivity index (χ1v) is 13.0. The molecule has 2 aromatic heterocycles. The molecule has 3 heterocycles. The second-order valence-corrected chi connectivity index (χ2v) is 10.2. The van der Waals surface area contributed by atoms with Crippen LogP contribution in [-0.4, -0.2) is 63.9 Å². The lowest BCUT2D eigenvalue weighted by Crippen LogP contribution is -2.43. The first kappa shape index (κ1) is 24.2. The predicted molar refractivity (Wildman–Crippen MR) is 144 cm³/mol. The lowest BCUT2D eigenvalue weighted by Gasteiger charge is -2.32. The molecule has 0 bridgehead atoms. The Hall–Kier alpha value is -3.46. The molecule has 0 unspecified atom stereocenters. The maximum Gasteiger partial charge on any atom is 0.255 e. The summed E-state index contributed by atoms with van der Waals surface area (Å²) in [6.07, 6.45) is 5.75. The van der Waals surface area contributed by atoms with E-state index in [0.29, 0.717) is 12.0 Å². The minimum Gasteiger partial charge on any atom is -0.322 e. The molecular formula is C28H30N6OS. The van der Waals surface area contributed by atoms with E-state index in [1.807, 2.05) is 35.7 Å². The highest BCUT2D eigenvalue weighted by Gasteiger charge is 2.15. The molecule has 1 aliphatic heterocycles. The van der Waals surface area contributed by atoms with E-state index in [0.717, 1.165) is 65.9 Å². The number of aryl methyl sites for hydroxylation is 1.